The van der Waals surface area contributed by atoms with Gasteiger partial charge >= 0.3 is 5.88 Å². The van der Waals surface area contributed by atoms with E-state index in [2.05, 4.69) is 14.7 Å². The lowest BCUT2D eigenvalue weighted by Crippen LogP contribution is -2.12. The third-order valence-electron chi connectivity index (χ3n) is 1.95. The first-order valence-corrected chi connectivity index (χ1v) is 4.74. The summed E-state index contributed by atoms with van der Waals surface area (Å²) in [5.74, 6) is -2.32. The van der Waals surface area contributed by atoms with Gasteiger partial charge in [-0.15, -0.1) is 0 Å². The van der Waals surface area contributed by atoms with Crippen molar-refractivity contribution in [2.24, 2.45) is 0 Å². The van der Waals surface area contributed by atoms with E-state index in [0.717, 1.165) is 18.2 Å². The predicted octanol–water partition coefficient (Wildman–Crippen LogP) is 1.97. The molecule has 92 valence electrons. The monoisotopic (exact) mass is 251 g/mol. The van der Waals surface area contributed by atoms with Crippen molar-refractivity contribution in [3.8, 4) is 0 Å². The normalized spacial score (nSPS) is 10.1. The molecule has 8 heteroatoms. The third kappa shape index (κ3) is 2.48. The molecule has 1 amide bonds. The number of rotatable bonds is 3. The minimum Gasteiger partial charge on any atom is -0.395 e. The molecule has 2 heterocycles. The zero-order chi connectivity index (χ0) is 13.1. The average molecular weight is 251 g/mol. The van der Waals surface area contributed by atoms with Crippen molar-refractivity contribution in [1.29, 1.82) is 0 Å². The SMILES string of the molecule is O=C(Nc1cccc(F)n1)c1ccc([N+](=O)[O-])o1. The molecule has 2 aromatic rings. The average Bonchev–Trinajstić information content (AvgIpc) is 2.78. The van der Waals surface area contributed by atoms with Crippen LogP contribution in [0.1, 0.15) is 10.6 Å². The lowest BCUT2D eigenvalue weighted by atomic mass is 10.4. The number of nitrogens with one attached hydrogen (secondary N) is 1. The van der Waals surface area contributed by atoms with Crippen molar-refractivity contribution in [2.75, 3.05) is 5.32 Å². The fourth-order valence-electron chi connectivity index (χ4n) is 1.20. The summed E-state index contributed by atoms with van der Waals surface area (Å²) in [7, 11) is 0. The van der Waals surface area contributed by atoms with Crippen LogP contribution < -0.4 is 5.32 Å². The van der Waals surface area contributed by atoms with Crippen LogP contribution in [-0.2, 0) is 0 Å². The highest BCUT2D eigenvalue weighted by Gasteiger charge is 2.17. The van der Waals surface area contributed by atoms with E-state index >= 15 is 0 Å². The van der Waals surface area contributed by atoms with Crippen LogP contribution in [-0.4, -0.2) is 15.8 Å². The first-order valence-electron chi connectivity index (χ1n) is 4.74. The lowest BCUT2D eigenvalue weighted by Gasteiger charge is -2.00. The first kappa shape index (κ1) is 11.7. The van der Waals surface area contributed by atoms with Gasteiger partial charge < -0.3 is 9.73 Å². The number of carbonyl (C=O) groups is 1. The smallest absolute Gasteiger partial charge is 0.395 e. The van der Waals surface area contributed by atoms with Gasteiger partial charge in [0.05, 0.1) is 6.07 Å². The zero-order valence-electron chi connectivity index (χ0n) is 8.79. The van der Waals surface area contributed by atoms with Gasteiger partial charge in [-0.1, -0.05) is 6.07 Å². The topological polar surface area (TPSA) is 98.3 Å². The Kier molecular flexibility index (Phi) is 3.00. The predicted molar refractivity (Wildman–Crippen MR) is 57.5 cm³/mol. The molecule has 0 spiro atoms. The number of hydrogen-bond acceptors (Lipinski definition) is 5. The molecule has 0 saturated heterocycles. The molecule has 1 N–H and O–H groups in total. The number of anilines is 1. The summed E-state index contributed by atoms with van der Waals surface area (Å²) in [5, 5.41) is 12.6. The van der Waals surface area contributed by atoms with Crippen LogP contribution in [0.4, 0.5) is 16.1 Å². The molecule has 0 aliphatic rings. The Morgan fingerprint density at radius 3 is 2.78 bits per heavy atom. The van der Waals surface area contributed by atoms with Gasteiger partial charge in [-0.3, -0.25) is 14.9 Å². The van der Waals surface area contributed by atoms with Crippen molar-refractivity contribution in [3.05, 3.63) is 52.2 Å². The Morgan fingerprint density at radius 1 is 1.39 bits per heavy atom. The van der Waals surface area contributed by atoms with Crippen molar-refractivity contribution in [2.45, 2.75) is 0 Å². The summed E-state index contributed by atoms with van der Waals surface area (Å²) in [4.78, 5) is 24.6. The second-order valence-corrected chi connectivity index (χ2v) is 3.19. The number of pyridine rings is 1. The number of nitro groups is 1. The highest BCUT2D eigenvalue weighted by Crippen LogP contribution is 2.16. The van der Waals surface area contributed by atoms with Crippen LogP contribution in [0.2, 0.25) is 0 Å². The van der Waals surface area contributed by atoms with Crippen molar-refractivity contribution < 1.29 is 18.5 Å². The standard InChI is InChI=1S/C10H6FN3O4/c11-7-2-1-3-8(12-7)13-10(15)6-4-5-9(18-6)14(16)17/h1-5H,(H,12,13,15). The van der Waals surface area contributed by atoms with Crippen molar-refractivity contribution >= 4 is 17.6 Å². The minimum absolute atomic E-state index is 0.0148. The molecule has 2 aromatic heterocycles. The number of halogens is 1. The molecule has 0 atom stereocenters. The molecule has 7 nitrogen and oxygen atoms in total. The van der Waals surface area contributed by atoms with Crippen molar-refractivity contribution in [1.82, 2.24) is 4.98 Å². The number of carbonyl (C=O) groups excluding carboxylic acids is 1. The van der Waals surface area contributed by atoms with Gasteiger partial charge in [0.15, 0.2) is 5.76 Å². The zero-order valence-corrected chi connectivity index (χ0v) is 8.79. The summed E-state index contributed by atoms with van der Waals surface area (Å²) in [5.41, 5.74) is 0. The summed E-state index contributed by atoms with van der Waals surface area (Å²) < 4.78 is 17.4. The maximum Gasteiger partial charge on any atom is 0.433 e. The quantitative estimate of drug-likeness (QED) is 0.510. The Hall–Kier alpha value is -2.77. The number of hydrogen-bond donors (Lipinski definition) is 1. The summed E-state index contributed by atoms with van der Waals surface area (Å²) in [6, 6.07) is 6.05. The summed E-state index contributed by atoms with van der Waals surface area (Å²) in [6.45, 7) is 0. The molecule has 0 unspecified atom stereocenters. The van der Waals surface area contributed by atoms with Crippen LogP contribution >= 0.6 is 0 Å². The van der Waals surface area contributed by atoms with Gasteiger partial charge in [0.2, 0.25) is 5.95 Å². The van der Waals surface area contributed by atoms with Crippen LogP contribution in [0.15, 0.2) is 34.7 Å². The van der Waals surface area contributed by atoms with Gasteiger partial charge in [-0.25, -0.2) is 4.98 Å². The Bertz CT molecular complexity index is 611. The highest BCUT2D eigenvalue weighted by atomic mass is 19.1. The molecule has 0 aromatic carbocycles. The second-order valence-electron chi connectivity index (χ2n) is 3.19. The molecule has 0 fully saturated rings. The van der Waals surface area contributed by atoms with Crippen LogP contribution in [0.3, 0.4) is 0 Å². The van der Waals surface area contributed by atoms with E-state index in [0.29, 0.717) is 0 Å². The minimum atomic E-state index is -0.767. The molecule has 18 heavy (non-hydrogen) atoms. The molecule has 0 aliphatic heterocycles. The first-order chi connectivity index (χ1) is 8.56. The fraction of sp³-hybridized carbons (Fsp3) is 0. The Labute approximate surface area is 99.4 Å². The fourth-order valence-corrected chi connectivity index (χ4v) is 1.20. The molecular weight excluding hydrogens is 245 g/mol. The largest absolute Gasteiger partial charge is 0.433 e. The summed E-state index contributed by atoms with van der Waals surface area (Å²) >= 11 is 0. The van der Waals surface area contributed by atoms with Crippen LogP contribution in [0, 0.1) is 16.1 Å². The van der Waals surface area contributed by atoms with Gasteiger partial charge in [-0.05, 0) is 18.2 Å². The van der Waals surface area contributed by atoms with Gasteiger partial charge in [0.25, 0.3) is 5.91 Å². The maximum absolute atomic E-state index is 12.8. The summed E-state index contributed by atoms with van der Waals surface area (Å²) in [6.07, 6.45) is 0. The lowest BCUT2D eigenvalue weighted by molar-refractivity contribution is -0.402. The van der Waals surface area contributed by atoms with Crippen LogP contribution in [0.25, 0.3) is 0 Å². The van der Waals surface area contributed by atoms with E-state index in [-0.39, 0.29) is 11.6 Å². The van der Waals surface area contributed by atoms with Gasteiger partial charge in [0, 0.05) is 0 Å². The molecule has 2 rings (SSSR count). The van der Waals surface area contributed by atoms with E-state index in [9.17, 15) is 19.3 Å². The molecule has 0 bridgehead atoms. The Morgan fingerprint density at radius 2 is 2.17 bits per heavy atom. The van der Waals surface area contributed by atoms with E-state index in [4.69, 9.17) is 0 Å². The number of nitrogens with zero attached hydrogens (tertiary/aromatic N) is 2. The maximum atomic E-state index is 12.8. The molecule has 0 aliphatic carbocycles. The van der Waals surface area contributed by atoms with Gasteiger partial charge in [0.1, 0.15) is 10.7 Å². The Balaban J connectivity index is 2.14. The third-order valence-corrected chi connectivity index (χ3v) is 1.95. The van der Waals surface area contributed by atoms with Crippen molar-refractivity contribution in [3.63, 3.8) is 0 Å². The molecule has 0 radical (unpaired) electrons. The highest BCUT2D eigenvalue weighted by molar-refractivity contribution is 6.01. The second kappa shape index (κ2) is 4.62. The van der Waals surface area contributed by atoms with E-state index < -0.39 is 22.7 Å². The van der Waals surface area contributed by atoms with E-state index in [1.165, 1.54) is 12.1 Å². The number of aromatic nitrogens is 1. The molecule has 0 saturated carbocycles. The van der Waals surface area contributed by atoms with Gasteiger partial charge in [-0.2, -0.15) is 4.39 Å². The van der Waals surface area contributed by atoms with Crippen LogP contribution in [0.5, 0.6) is 0 Å². The number of furan rings is 1. The van der Waals surface area contributed by atoms with E-state index in [1.54, 1.807) is 0 Å². The number of amides is 1. The molecular formula is C10H6FN3O4. The van der Waals surface area contributed by atoms with E-state index in [1.807, 2.05) is 0 Å².